The monoisotopic (exact) mass is 542 g/mol. The summed E-state index contributed by atoms with van der Waals surface area (Å²) in [6.07, 6.45) is 10.1. The summed E-state index contributed by atoms with van der Waals surface area (Å²) in [5.74, 6) is -1.15. The molecule has 0 spiro atoms. The lowest BCUT2D eigenvalue weighted by Crippen LogP contribution is -2.48. The summed E-state index contributed by atoms with van der Waals surface area (Å²) >= 11 is 0. The molecule has 3 aliphatic carbocycles. The number of rotatable bonds is 8. The van der Waals surface area contributed by atoms with Crippen molar-refractivity contribution in [1.29, 1.82) is 0 Å². The molecule has 0 radical (unpaired) electrons. The molecule has 206 valence electrons. The third-order valence-electron chi connectivity index (χ3n) is 7.21. The molecule has 8 nitrogen and oxygen atoms in total. The van der Waals surface area contributed by atoms with Crippen LogP contribution in [0.1, 0.15) is 43.2 Å². The number of hydrogen-bond donors (Lipinski definition) is 4. The van der Waals surface area contributed by atoms with Crippen LogP contribution < -0.4 is 21.7 Å². The molecule has 5 rings (SSSR count). The smallest absolute Gasteiger partial charge is 0.408 e. The minimum Gasteiger partial charge on any atom is -0.445 e. The van der Waals surface area contributed by atoms with Gasteiger partial charge in [-0.2, -0.15) is 0 Å². The number of benzene rings is 2. The first-order valence-corrected chi connectivity index (χ1v) is 13.3. The maximum absolute atomic E-state index is 13.4. The average molecular weight is 543 g/mol. The molecule has 3 aliphatic rings. The molecule has 0 aliphatic heterocycles. The van der Waals surface area contributed by atoms with Crippen molar-refractivity contribution in [1.82, 2.24) is 10.6 Å². The minimum atomic E-state index is -0.992. The first kappa shape index (κ1) is 26.9. The average Bonchev–Trinajstić information content (AvgIpc) is 3.75. The highest BCUT2D eigenvalue weighted by molar-refractivity contribution is 5.98. The molecular formula is C31H31FN4O4. The molecular weight excluding hydrogens is 511 g/mol. The molecule has 3 amide bonds. The van der Waals surface area contributed by atoms with Crippen molar-refractivity contribution in [2.45, 2.75) is 44.2 Å². The van der Waals surface area contributed by atoms with Gasteiger partial charge < -0.3 is 26.4 Å². The molecule has 1 atom stereocenters. The van der Waals surface area contributed by atoms with Gasteiger partial charge in [0.15, 0.2) is 0 Å². The van der Waals surface area contributed by atoms with Gasteiger partial charge in [-0.1, -0.05) is 54.6 Å². The Morgan fingerprint density at radius 3 is 2.50 bits per heavy atom. The molecule has 0 bridgehead atoms. The van der Waals surface area contributed by atoms with Crippen LogP contribution in [0, 0.1) is 5.92 Å². The number of halogens is 1. The van der Waals surface area contributed by atoms with Crippen LogP contribution in [-0.4, -0.2) is 23.4 Å². The van der Waals surface area contributed by atoms with Crippen LogP contribution in [0.3, 0.4) is 0 Å². The van der Waals surface area contributed by atoms with Crippen molar-refractivity contribution < 1.29 is 23.5 Å². The van der Waals surface area contributed by atoms with E-state index in [0.29, 0.717) is 49.2 Å². The van der Waals surface area contributed by atoms with Crippen molar-refractivity contribution >= 4 is 34.9 Å². The standard InChI is InChI=1S/C31H31FN4O4/c32-24-11-6-21(7-12-24)23-10-15-26(33)27(18-23)35-28(37)22-8-13-25(14-9-22)34-29(38)31(16-17-31)36-30(39)40-19-20-4-2-1-3-5-20/h1-6,8,10-11,13-15,18,22H,7,9,12,16-17,19,33H2,(H,34,38)(H,35,37)(H,36,39). The van der Waals surface area contributed by atoms with Crippen LogP contribution in [0.4, 0.5) is 20.6 Å². The zero-order valence-corrected chi connectivity index (χ0v) is 21.9. The van der Waals surface area contributed by atoms with E-state index in [1.165, 1.54) is 6.08 Å². The summed E-state index contributed by atoms with van der Waals surface area (Å²) in [4.78, 5) is 38.1. The van der Waals surface area contributed by atoms with Crippen molar-refractivity contribution in [2.75, 3.05) is 11.1 Å². The first-order chi connectivity index (χ1) is 19.3. The fourth-order valence-electron chi connectivity index (χ4n) is 4.59. The number of nitrogens with two attached hydrogens (primary N) is 1. The Balaban J connectivity index is 1.12. The molecule has 1 fully saturated rings. The number of nitrogen functional groups attached to an aromatic ring is 1. The van der Waals surface area contributed by atoms with Crippen LogP contribution in [0.25, 0.3) is 5.57 Å². The zero-order chi connectivity index (χ0) is 28.1. The van der Waals surface area contributed by atoms with Gasteiger partial charge >= 0.3 is 6.09 Å². The molecule has 0 aromatic heterocycles. The summed E-state index contributed by atoms with van der Waals surface area (Å²) in [6, 6.07) is 14.7. The van der Waals surface area contributed by atoms with Crippen LogP contribution >= 0.6 is 0 Å². The highest BCUT2D eigenvalue weighted by Crippen LogP contribution is 2.36. The fourth-order valence-corrected chi connectivity index (χ4v) is 4.59. The minimum absolute atomic E-state index is 0.118. The molecule has 1 saturated carbocycles. The van der Waals surface area contributed by atoms with Gasteiger partial charge in [0, 0.05) is 12.1 Å². The number of carbonyl (C=O) groups excluding carboxylic acids is 3. The number of ether oxygens (including phenoxy) is 1. The van der Waals surface area contributed by atoms with Crippen molar-refractivity contribution in [3.8, 4) is 0 Å². The Bertz CT molecular complexity index is 1440. The number of hydrogen-bond acceptors (Lipinski definition) is 5. The molecule has 40 heavy (non-hydrogen) atoms. The van der Waals surface area contributed by atoms with E-state index >= 15 is 0 Å². The Kier molecular flexibility index (Phi) is 7.82. The quantitative estimate of drug-likeness (QED) is 0.339. The lowest BCUT2D eigenvalue weighted by atomic mass is 9.95. The van der Waals surface area contributed by atoms with Gasteiger partial charge in [-0.05, 0) is 66.7 Å². The number of anilines is 2. The van der Waals surface area contributed by atoms with Gasteiger partial charge in [0.2, 0.25) is 11.8 Å². The van der Waals surface area contributed by atoms with E-state index in [1.807, 2.05) is 36.4 Å². The van der Waals surface area contributed by atoms with Crippen molar-refractivity contribution in [3.63, 3.8) is 0 Å². The predicted molar refractivity (Wildman–Crippen MR) is 151 cm³/mol. The van der Waals surface area contributed by atoms with Crippen LogP contribution in [-0.2, 0) is 20.9 Å². The Hall–Kier alpha value is -4.66. The van der Waals surface area contributed by atoms with Crippen LogP contribution in [0.5, 0.6) is 0 Å². The van der Waals surface area contributed by atoms with E-state index in [9.17, 15) is 18.8 Å². The zero-order valence-electron chi connectivity index (χ0n) is 21.9. The SMILES string of the molecule is Nc1ccc(C2=CC=C(F)CC2)cc1NC(=O)C1C=CC(NC(=O)C2(NC(=O)OCc3ccccc3)CC2)=CC1. The van der Waals surface area contributed by atoms with E-state index < -0.39 is 17.6 Å². The van der Waals surface area contributed by atoms with E-state index in [4.69, 9.17) is 10.5 Å². The maximum atomic E-state index is 13.4. The molecule has 2 aromatic rings. The van der Waals surface area contributed by atoms with Gasteiger partial charge in [0.1, 0.15) is 18.0 Å². The van der Waals surface area contributed by atoms with Gasteiger partial charge in [0.25, 0.3) is 0 Å². The molecule has 9 heteroatoms. The summed E-state index contributed by atoms with van der Waals surface area (Å²) in [7, 11) is 0. The number of nitrogens with one attached hydrogen (secondary N) is 3. The normalized spacial score (nSPS) is 18.9. The molecule has 0 saturated heterocycles. The lowest BCUT2D eigenvalue weighted by molar-refractivity contribution is -0.123. The third kappa shape index (κ3) is 6.48. The molecule has 2 aromatic carbocycles. The number of allylic oxidation sites excluding steroid dienone is 6. The summed E-state index contributed by atoms with van der Waals surface area (Å²) in [5.41, 5.74) is 9.31. The largest absolute Gasteiger partial charge is 0.445 e. The maximum Gasteiger partial charge on any atom is 0.408 e. The number of amides is 3. The van der Waals surface area contributed by atoms with Gasteiger partial charge in [-0.15, -0.1) is 0 Å². The van der Waals surface area contributed by atoms with Crippen LogP contribution in [0.15, 0.2) is 90.4 Å². The second-order valence-corrected chi connectivity index (χ2v) is 10.2. The topological polar surface area (TPSA) is 123 Å². The van der Waals surface area contributed by atoms with Crippen LogP contribution in [0.2, 0.25) is 0 Å². The first-order valence-electron chi connectivity index (χ1n) is 13.3. The molecule has 1 unspecified atom stereocenters. The highest BCUT2D eigenvalue weighted by Gasteiger charge is 2.51. The van der Waals surface area contributed by atoms with E-state index in [-0.39, 0.29) is 24.2 Å². The molecule has 0 heterocycles. The summed E-state index contributed by atoms with van der Waals surface area (Å²) in [5, 5.41) is 8.43. The van der Waals surface area contributed by atoms with E-state index in [0.717, 1.165) is 16.7 Å². The summed E-state index contributed by atoms with van der Waals surface area (Å²) < 4.78 is 18.6. The Morgan fingerprint density at radius 2 is 1.82 bits per heavy atom. The fraction of sp³-hybridized carbons (Fsp3) is 0.258. The van der Waals surface area contributed by atoms with Crippen molar-refractivity contribution in [2.24, 2.45) is 5.92 Å². The van der Waals surface area contributed by atoms with Gasteiger partial charge in [-0.25, -0.2) is 9.18 Å². The van der Waals surface area contributed by atoms with E-state index in [1.54, 1.807) is 36.4 Å². The van der Waals surface area contributed by atoms with Gasteiger partial charge in [0.05, 0.1) is 17.3 Å². The second-order valence-electron chi connectivity index (χ2n) is 10.2. The van der Waals surface area contributed by atoms with E-state index in [2.05, 4.69) is 16.0 Å². The second kappa shape index (κ2) is 11.6. The van der Waals surface area contributed by atoms with Gasteiger partial charge in [-0.3, -0.25) is 9.59 Å². The lowest BCUT2D eigenvalue weighted by Gasteiger charge is -2.20. The predicted octanol–water partition coefficient (Wildman–Crippen LogP) is 5.27. The Labute approximate surface area is 231 Å². The highest BCUT2D eigenvalue weighted by atomic mass is 19.1. The summed E-state index contributed by atoms with van der Waals surface area (Å²) in [6.45, 7) is 0.118. The number of carbonyl (C=O) groups is 3. The molecule has 5 N–H and O–H groups in total. The number of alkyl carbamates (subject to hydrolysis) is 1. The third-order valence-corrected chi connectivity index (χ3v) is 7.21. The Morgan fingerprint density at radius 1 is 1.02 bits per heavy atom. The van der Waals surface area contributed by atoms with Crippen molar-refractivity contribution in [3.05, 3.63) is 102 Å².